The van der Waals surface area contributed by atoms with Crippen molar-refractivity contribution in [3.05, 3.63) is 59.7 Å². The van der Waals surface area contributed by atoms with Gasteiger partial charge in [0.25, 0.3) is 11.8 Å². The van der Waals surface area contributed by atoms with Crippen LogP contribution in [0.15, 0.2) is 48.5 Å². The van der Waals surface area contributed by atoms with Gasteiger partial charge in [-0.1, -0.05) is 45.0 Å². The zero-order valence-electron chi connectivity index (χ0n) is 19.6. The average Bonchev–Trinajstić information content (AvgIpc) is 3.04. The first-order chi connectivity index (χ1) is 15.3. The van der Waals surface area contributed by atoms with Gasteiger partial charge in [-0.2, -0.15) is 0 Å². The Morgan fingerprint density at radius 1 is 0.844 bits per heavy atom. The van der Waals surface area contributed by atoms with Gasteiger partial charge < -0.3 is 19.3 Å². The van der Waals surface area contributed by atoms with Crippen molar-refractivity contribution in [2.45, 2.75) is 39.5 Å². The topological polar surface area (TPSA) is 59.1 Å². The third kappa shape index (κ3) is 6.02. The number of ether oxygens (including phenoxy) is 2. The van der Waals surface area contributed by atoms with Crippen molar-refractivity contribution < 1.29 is 19.1 Å². The van der Waals surface area contributed by atoms with E-state index in [9.17, 15) is 9.59 Å². The van der Waals surface area contributed by atoms with Crippen LogP contribution in [-0.4, -0.2) is 61.0 Å². The highest BCUT2D eigenvalue weighted by Crippen LogP contribution is 2.26. The Labute approximate surface area is 191 Å². The predicted octanol–water partition coefficient (Wildman–Crippen LogP) is 4.14. The molecule has 2 amide bonds. The Morgan fingerprint density at radius 2 is 1.44 bits per heavy atom. The molecule has 0 saturated carbocycles. The van der Waals surface area contributed by atoms with Crippen LogP contribution in [-0.2, 0) is 10.2 Å². The van der Waals surface area contributed by atoms with Crippen molar-refractivity contribution in [3.8, 4) is 11.5 Å². The van der Waals surface area contributed by atoms with E-state index < -0.39 is 0 Å². The molecule has 3 rings (SSSR count). The summed E-state index contributed by atoms with van der Waals surface area (Å²) >= 11 is 0. The van der Waals surface area contributed by atoms with Crippen LogP contribution in [0.5, 0.6) is 11.5 Å². The number of amides is 2. The number of hydrogen-bond donors (Lipinski definition) is 0. The van der Waals surface area contributed by atoms with Crippen LogP contribution < -0.4 is 9.47 Å². The first kappa shape index (κ1) is 23.6. The van der Waals surface area contributed by atoms with E-state index in [1.807, 2.05) is 54.3 Å². The molecule has 0 aromatic heterocycles. The number of benzene rings is 2. The van der Waals surface area contributed by atoms with E-state index in [-0.39, 0.29) is 23.8 Å². The standard InChI is InChI=1S/C26H34N2O4/c1-5-31-22-9-6-7-10-23(22)32-19-24(29)27-15-8-16-28(18-17-27)25(30)20-11-13-21(14-12-20)26(2,3)4/h6-7,9-14H,5,8,15-19H2,1-4H3. The van der Waals surface area contributed by atoms with Crippen LogP contribution in [0.2, 0.25) is 0 Å². The smallest absolute Gasteiger partial charge is 0.260 e. The normalized spacial score (nSPS) is 14.6. The molecular weight excluding hydrogens is 404 g/mol. The fourth-order valence-electron chi connectivity index (χ4n) is 3.74. The van der Waals surface area contributed by atoms with E-state index in [1.54, 1.807) is 11.0 Å². The van der Waals surface area contributed by atoms with Crippen molar-refractivity contribution in [2.75, 3.05) is 39.4 Å². The minimum Gasteiger partial charge on any atom is -0.490 e. The first-order valence-corrected chi connectivity index (χ1v) is 11.3. The Kier molecular flexibility index (Phi) is 7.78. The van der Waals surface area contributed by atoms with Gasteiger partial charge in [0.15, 0.2) is 18.1 Å². The lowest BCUT2D eigenvalue weighted by Gasteiger charge is -2.23. The van der Waals surface area contributed by atoms with Crippen LogP contribution in [0, 0.1) is 0 Å². The van der Waals surface area contributed by atoms with E-state index in [2.05, 4.69) is 20.8 Å². The second-order valence-corrected chi connectivity index (χ2v) is 9.02. The fourth-order valence-corrected chi connectivity index (χ4v) is 3.74. The monoisotopic (exact) mass is 438 g/mol. The van der Waals surface area contributed by atoms with Gasteiger partial charge in [-0.3, -0.25) is 9.59 Å². The Bertz CT molecular complexity index is 918. The van der Waals surface area contributed by atoms with Gasteiger partial charge in [-0.15, -0.1) is 0 Å². The maximum absolute atomic E-state index is 13.0. The molecule has 0 aliphatic carbocycles. The molecule has 1 saturated heterocycles. The van der Waals surface area contributed by atoms with Gasteiger partial charge in [-0.25, -0.2) is 0 Å². The average molecular weight is 439 g/mol. The molecule has 0 atom stereocenters. The molecule has 0 unspecified atom stereocenters. The molecule has 6 nitrogen and oxygen atoms in total. The van der Waals surface area contributed by atoms with Crippen LogP contribution in [0.3, 0.4) is 0 Å². The summed E-state index contributed by atoms with van der Waals surface area (Å²) in [5.74, 6) is 1.13. The molecule has 0 N–H and O–H groups in total. The van der Waals surface area contributed by atoms with Gasteiger partial charge in [0.1, 0.15) is 0 Å². The molecule has 1 aliphatic heterocycles. The summed E-state index contributed by atoms with van der Waals surface area (Å²) < 4.78 is 11.3. The summed E-state index contributed by atoms with van der Waals surface area (Å²) in [6, 6.07) is 15.2. The second kappa shape index (κ2) is 10.5. The number of rotatable bonds is 6. The molecule has 0 radical (unpaired) electrons. The molecule has 6 heteroatoms. The second-order valence-electron chi connectivity index (χ2n) is 9.02. The summed E-state index contributed by atoms with van der Waals surface area (Å²) in [5.41, 5.74) is 1.94. The third-order valence-corrected chi connectivity index (χ3v) is 5.63. The van der Waals surface area contributed by atoms with Crippen molar-refractivity contribution in [3.63, 3.8) is 0 Å². The summed E-state index contributed by atoms with van der Waals surface area (Å²) in [4.78, 5) is 29.3. The summed E-state index contributed by atoms with van der Waals surface area (Å²) in [6.07, 6.45) is 0.743. The quantitative estimate of drug-likeness (QED) is 0.680. The molecule has 2 aromatic carbocycles. The lowest BCUT2D eigenvalue weighted by Crippen LogP contribution is -2.39. The molecule has 32 heavy (non-hydrogen) atoms. The van der Waals surface area contributed by atoms with Crippen molar-refractivity contribution in [1.29, 1.82) is 0 Å². The van der Waals surface area contributed by atoms with Crippen LogP contribution in [0.25, 0.3) is 0 Å². The summed E-state index contributed by atoms with van der Waals surface area (Å²) in [6.45, 7) is 11.1. The van der Waals surface area contributed by atoms with E-state index in [4.69, 9.17) is 9.47 Å². The van der Waals surface area contributed by atoms with Crippen LogP contribution in [0.4, 0.5) is 0 Å². The molecular formula is C26H34N2O4. The summed E-state index contributed by atoms with van der Waals surface area (Å²) in [7, 11) is 0. The number of carbonyl (C=O) groups excluding carboxylic acids is 2. The van der Waals surface area contributed by atoms with E-state index in [0.717, 1.165) is 6.42 Å². The Balaban J connectivity index is 1.55. The molecule has 0 bridgehead atoms. The van der Waals surface area contributed by atoms with Crippen LogP contribution >= 0.6 is 0 Å². The van der Waals surface area contributed by atoms with E-state index >= 15 is 0 Å². The highest BCUT2D eigenvalue weighted by atomic mass is 16.5. The van der Waals surface area contributed by atoms with E-state index in [0.29, 0.717) is 49.8 Å². The molecule has 1 fully saturated rings. The van der Waals surface area contributed by atoms with Gasteiger partial charge in [0, 0.05) is 31.7 Å². The minimum absolute atomic E-state index is 0.0154. The van der Waals surface area contributed by atoms with Crippen molar-refractivity contribution in [2.24, 2.45) is 0 Å². The highest BCUT2D eigenvalue weighted by Gasteiger charge is 2.24. The maximum Gasteiger partial charge on any atom is 0.260 e. The number of hydrogen-bond acceptors (Lipinski definition) is 4. The van der Waals surface area contributed by atoms with Gasteiger partial charge in [0.05, 0.1) is 6.61 Å². The molecule has 1 aliphatic rings. The fraction of sp³-hybridized carbons (Fsp3) is 0.462. The maximum atomic E-state index is 13.0. The number of nitrogens with zero attached hydrogens (tertiary/aromatic N) is 2. The molecule has 2 aromatic rings. The zero-order chi connectivity index (χ0) is 23.1. The lowest BCUT2D eigenvalue weighted by molar-refractivity contribution is -0.133. The lowest BCUT2D eigenvalue weighted by atomic mass is 9.86. The molecule has 1 heterocycles. The van der Waals surface area contributed by atoms with Crippen LogP contribution in [0.1, 0.15) is 50.0 Å². The molecule has 172 valence electrons. The highest BCUT2D eigenvalue weighted by molar-refractivity contribution is 5.94. The summed E-state index contributed by atoms with van der Waals surface area (Å²) in [5, 5.41) is 0. The third-order valence-electron chi connectivity index (χ3n) is 5.63. The molecule has 0 spiro atoms. The Morgan fingerprint density at radius 3 is 2.06 bits per heavy atom. The number of para-hydroxylation sites is 2. The van der Waals surface area contributed by atoms with Gasteiger partial charge in [0.2, 0.25) is 0 Å². The van der Waals surface area contributed by atoms with E-state index in [1.165, 1.54) is 5.56 Å². The van der Waals surface area contributed by atoms with Gasteiger partial charge in [-0.05, 0) is 48.6 Å². The first-order valence-electron chi connectivity index (χ1n) is 11.3. The largest absolute Gasteiger partial charge is 0.490 e. The predicted molar refractivity (Wildman–Crippen MR) is 125 cm³/mol. The van der Waals surface area contributed by atoms with Crippen molar-refractivity contribution in [1.82, 2.24) is 9.80 Å². The SMILES string of the molecule is CCOc1ccccc1OCC(=O)N1CCCN(C(=O)c2ccc(C(C)(C)C)cc2)CC1. The van der Waals surface area contributed by atoms with Gasteiger partial charge >= 0.3 is 0 Å². The Hall–Kier alpha value is -3.02. The van der Waals surface area contributed by atoms with Crippen molar-refractivity contribution >= 4 is 11.8 Å². The minimum atomic E-state index is -0.0832. The zero-order valence-corrected chi connectivity index (χ0v) is 19.6. The number of carbonyl (C=O) groups is 2.